The van der Waals surface area contributed by atoms with Crippen molar-refractivity contribution in [1.29, 1.82) is 0 Å². The number of nitrogens with one attached hydrogen (secondary N) is 3. The van der Waals surface area contributed by atoms with Crippen molar-refractivity contribution >= 4 is 5.96 Å². The van der Waals surface area contributed by atoms with Gasteiger partial charge >= 0.3 is 0 Å². The van der Waals surface area contributed by atoms with E-state index in [4.69, 9.17) is 0 Å². The van der Waals surface area contributed by atoms with Crippen LogP contribution >= 0.6 is 0 Å². The highest BCUT2D eigenvalue weighted by Gasteiger charge is 2.06. The normalized spacial score (nSPS) is 13.6. The maximum Gasteiger partial charge on any atom is 0.191 e. The Bertz CT molecular complexity index is 356. The third-order valence-corrected chi connectivity index (χ3v) is 2.87. The van der Waals surface area contributed by atoms with Crippen molar-refractivity contribution in [2.75, 3.05) is 6.54 Å². The Morgan fingerprint density at radius 2 is 2.16 bits per heavy atom. The highest BCUT2D eigenvalue weighted by atomic mass is 15.2. The lowest BCUT2D eigenvalue weighted by Crippen LogP contribution is -2.42. The number of H-pyrrole nitrogens is 1. The molecule has 0 amide bonds. The second-order valence-corrected chi connectivity index (χ2v) is 5.29. The lowest BCUT2D eigenvalue weighted by Gasteiger charge is -2.18. The first kappa shape index (κ1) is 15.5. The molecule has 0 aliphatic carbocycles. The molecule has 0 spiro atoms. The van der Waals surface area contributed by atoms with Crippen molar-refractivity contribution in [3.63, 3.8) is 0 Å². The van der Waals surface area contributed by atoms with Gasteiger partial charge in [-0.3, -0.25) is 5.10 Å². The number of nitrogens with zero attached hydrogens (tertiary/aromatic N) is 2. The van der Waals surface area contributed by atoms with Gasteiger partial charge in [-0.2, -0.15) is 5.10 Å². The Balaban J connectivity index is 2.44. The summed E-state index contributed by atoms with van der Waals surface area (Å²) < 4.78 is 0. The molecule has 1 aromatic heterocycles. The van der Waals surface area contributed by atoms with Gasteiger partial charge in [-0.05, 0) is 38.7 Å². The zero-order chi connectivity index (χ0) is 14.1. The Kier molecular flexibility index (Phi) is 7.00. The molecule has 0 aliphatic heterocycles. The summed E-state index contributed by atoms with van der Waals surface area (Å²) in [5.74, 6) is 1.61. The summed E-state index contributed by atoms with van der Waals surface area (Å²) in [4.78, 5) is 4.55. The minimum atomic E-state index is 0.432. The Morgan fingerprint density at radius 1 is 1.37 bits per heavy atom. The molecule has 0 radical (unpaired) electrons. The van der Waals surface area contributed by atoms with E-state index in [0.29, 0.717) is 12.6 Å². The van der Waals surface area contributed by atoms with Crippen LogP contribution in [0.2, 0.25) is 0 Å². The fraction of sp³-hybridized carbons (Fsp3) is 0.714. The van der Waals surface area contributed by atoms with E-state index in [1.807, 2.05) is 6.07 Å². The third-order valence-electron chi connectivity index (χ3n) is 2.87. The van der Waals surface area contributed by atoms with Crippen molar-refractivity contribution in [3.05, 3.63) is 18.0 Å². The van der Waals surface area contributed by atoms with Crippen molar-refractivity contribution in [2.24, 2.45) is 10.9 Å². The van der Waals surface area contributed by atoms with Crippen molar-refractivity contribution in [2.45, 2.75) is 53.1 Å². The molecule has 1 unspecified atom stereocenters. The third kappa shape index (κ3) is 6.84. The molecule has 0 saturated carbocycles. The molecular weight excluding hydrogens is 238 g/mol. The maximum atomic E-state index is 4.55. The Labute approximate surface area is 116 Å². The topological polar surface area (TPSA) is 65.1 Å². The quantitative estimate of drug-likeness (QED) is 0.523. The van der Waals surface area contributed by atoms with E-state index >= 15 is 0 Å². The van der Waals surface area contributed by atoms with Crippen LogP contribution in [0.5, 0.6) is 0 Å². The summed E-state index contributed by atoms with van der Waals surface area (Å²) in [6.07, 6.45) is 4.14. The summed E-state index contributed by atoms with van der Waals surface area (Å²) in [6, 6.07) is 2.37. The molecule has 1 rings (SSSR count). The molecule has 0 aliphatic rings. The zero-order valence-electron chi connectivity index (χ0n) is 12.5. The summed E-state index contributed by atoms with van der Waals surface area (Å²) in [5, 5.41) is 13.5. The number of rotatable bonds is 7. The first-order chi connectivity index (χ1) is 9.11. The van der Waals surface area contributed by atoms with Gasteiger partial charge in [-0.15, -0.1) is 0 Å². The SMILES string of the molecule is CCNC(=NCc1ccn[nH]1)NC(C)CCC(C)C. The average molecular weight is 265 g/mol. The zero-order valence-corrected chi connectivity index (χ0v) is 12.5. The van der Waals surface area contributed by atoms with E-state index in [-0.39, 0.29) is 0 Å². The minimum absolute atomic E-state index is 0.432. The van der Waals surface area contributed by atoms with Gasteiger partial charge in [0.1, 0.15) is 0 Å². The Hall–Kier alpha value is -1.52. The molecule has 1 heterocycles. The summed E-state index contributed by atoms with van der Waals surface area (Å²) in [7, 11) is 0. The van der Waals surface area contributed by atoms with Crippen LogP contribution in [0.25, 0.3) is 0 Å². The molecule has 3 N–H and O–H groups in total. The highest BCUT2D eigenvalue weighted by molar-refractivity contribution is 5.79. The molecule has 0 aromatic carbocycles. The Morgan fingerprint density at radius 3 is 2.74 bits per heavy atom. The second kappa shape index (κ2) is 8.56. The van der Waals surface area contributed by atoms with Gasteiger partial charge in [0.15, 0.2) is 5.96 Å². The predicted molar refractivity (Wildman–Crippen MR) is 80.1 cm³/mol. The number of hydrogen-bond donors (Lipinski definition) is 3. The van der Waals surface area contributed by atoms with Gasteiger partial charge in [0.25, 0.3) is 0 Å². The van der Waals surface area contributed by atoms with E-state index in [9.17, 15) is 0 Å². The first-order valence-electron chi connectivity index (χ1n) is 7.15. The van der Waals surface area contributed by atoms with Gasteiger partial charge in [0, 0.05) is 18.8 Å². The minimum Gasteiger partial charge on any atom is -0.357 e. The van der Waals surface area contributed by atoms with E-state index in [1.165, 1.54) is 6.42 Å². The molecule has 108 valence electrons. The molecule has 0 fully saturated rings. The van der Waals surface area contributed by atoms with Gasteiger partial charge in [0.2, 0.25) is 0 Å². The predicted octanol–water partition coefficient (Wildman–Crippen LogP) is 2.29. The fourth-order valence-corrected chi connectivity index (χ4v) is 1.75. The largest absolute Gasteiger partial charge is 0.357 e. The maximum absolute atomic E-state index is 4.55. The number of aliphatic imine (C=N–C) groups is 1. The standard InChI is InChI=1S/C14H27N5/c1-5-15-14(16-10-13-8-9-17-19-13)18-12(4)7-6-11(2)3/h8-9,11-12H,5-7,10H2,1-4H3,(H,17,19)(H2,15,16,18). The van der Waals surface area contributed by atoms with Gasteiger partial charge in [0.05, 0.1) is 12.2 Å². The van der Waals surface area contributed by atoms with Crippen molar-refractivity contribution < 1.29 is 0 Å². The fourth-order valence-electron chi connectivity index (χ4n) is 1.75. The van der Waals surface area contributed by atoms with Gasteiger partial charge in [-0.1, -0.05) is 13.8 Å². The van der Waals surface area contributed by atoms with Crippen molar-refractivity contribution in [1.82, 2.24) is 20.8 Å². The summed E-state index contributed by atoms with van der Waals surface area (Å²) >= 11 is 0. The number of aromatic amines is 1. The highest BCUT2D eigenvalue weighted by Crippen LogP contribution is 2.06. The molecule has 5 nitrogen and oxygen atoms in total. The second-order valence-electron chi connectivity index (χ2n) is 5.29. The van der Waals surface area contributed by atoms with Crippen molar-refractivity contribution in [3.8, 4) is 0 Å². The molecule has 1 aromatic rings. The van der Waals surface area contributed by atoms with E-state index in [0.717, 1.165) is 30.5 Å². The lowest BCUT2D eigenvalue weighted by atomic mass is 10.0. The number of hydrogen-bond acceptors (Lipinski definition) is 2. The monoisotopic (exact) mass is 265 g/mol. The molecule has 5 heteroatoms. The lowest BCUT2D eigenvalue weighted by molar-refractivity contribution is 0.489. The van der Waals surface area contributed by atoms with Gasteiger partial charge < -0.3 is 10.6 Å². The molecule has 0 bridgehead atoms. The van der Waals surface area contributed by atoms with Crippen LogP contribution in [0.1, 0.15) is 46.2 Å². The van der Waals surface area contributed by atoms with Crippen LogP contribution in [-0.2, 0) is 6.54 Å². The molecule has 0 saturated heterocycles. The average Bonchev–Trinajstić information content (AvgIpc) is 2.87. The van der Waals surface area contributed by atoms with Crippen LogP contribution in [0.3, 0.4) is 0 Å². The number of aromatic nitrogens is 2. The van der Waals surface area contributed by atoms with E-state index in [1.54, 1.807) is 6.20 Å². The van der Waals surface area contributed by atoms with E-state index < -0.39 is 0 Å². The number of guanidine groups is 1. The summed E-state index contributed by atoms with van der Waals surface area (Å²) in [5.41, 5.74) is 1.02. The summed E-state index contributed by atoms with van der Waals surface area (Å²) in [6.45, 7) is 10.3. The smallest absolute Gasteiger partial charge is 0.191 e. The van der Waals surface area contributed by atoms with E-state index in [2.05, 4.69) is 53.5 Å². The van der Waals surface area contributed by atoms with Crippen LogP contribution in [0.15, 0.2) is 17.3 Å². The van der Waals surface area contributed by atoms with Crippen LogP contribution in [-0.4, -0.2) is 28.7 Å². The molecule has 1 atom stereocenters. The van der Waals surface area contributed by atoms with Crippen LogP contribution in [0, 0.1) is 5.92 Å². The molecule has 19 heavy (non-hydrogen) atoms. The first-order valence-corrected chi connectivity index (χ1v) is 7.15. The van der Waals surface area contributed by atoms with Gasteiger partial charge in [-0.25, -0.2) is 4.99 Å². The van der Waals surface area contributed by atoms with Crippen LogP contribution < -0.4 is 10.6 Å². The van der Waals surface area contributed by atoms with Crippen LogP contribution in [0.4, 0.5) is 0 Å². The molecular formula is C14H27N5.